The highest BCUT2D eigenvalue weighted by molar-refractivity contribution is 6.30. The van der Waals surface area contributed by atoms with Crippen LogP contribution in [0.2, 0.25) is 5.02 Å². The molecule has 3 nitrogen and oxygen atoms in total. The molecule has 0 aliphatic heterocycles. The van der Waals surface area contributed by atoms with Crippen molar-refractivity contribution in [1.82, 2.24) is 5.32 Å². The minimum absolute atomic E-state index is 0.0619. The Bertz CT molecular complexity index is 430. The molecule has 0 radical (unpaired) electrons. The van der Waals surface area contributed by atoms with Gasteiger partial charge in [0.15, 0.2) is 0 Å². The molecule has 1 aromatic rings. The zero-order valence-electron chi connectivity index (χ0n) is 11.3. The van der Waals surface area contributed by atoms with Crippen molar-refractivity contribution in [2.45, 2.75) is 51.1 Å². The summed E-state index contributed by atoms with van der Waals surface area (Å²) in [5, 5.41) is 6.97. The summed E-state index contributed by atoms with van der Waals surface area (Å²) in [4.78, 5) is 12.1. The molecule has 1 fully saturated rings. The minimum Gasteiger partial charge on any atom is -0.374 e. The number of hydrogen-bond donors (Lipinski definition) is 2. The maximum atomic E-state index is 12.1. The van der Waals surface area contributed by atoms with E-state index in [0.717, 1.165) is 18.5 Å². The highest BCUT2D eigenvalue weighted by Crippen LogP contribution is 2.18. The van der Waals surface area contributed by atoms with E-state index >= 15 is 0 Å². The number of anilines is 1. The van der Waals surface area contributed by atoms with Gasteiger partial charge in [-0.2, -0.15) is 0 Å². The van der Waals surface area contributed by atoms with Crippen LogP contribution in [0.5, 0.6) is 0 Å². The van der Waals surface area contributed by atoms with Gasteiger partial charge < -0.3 is 10.6 Å². The summed E-state index contributed by atoms with van der Waals surface area (Å²) in [7, 11) is 0. The van der Waals surface area contributed by atoms with Crippen molar-refractivity contribution < 1.29 is 4.79 Å². The van der Waals surface area contributed by atoms with E-state index in [2.05, 4.69) is 10.6 Å². The third kappa shape index (κ3) is 4.43. The molecule has 0 bridgehead atoms. The third-order valence-electron chi connectivity index (χ3n) is 3.55. The van der Waals surface area contributed by atoms with Crippen molar-refractivity contribution in [3.05, 3.63) is 29.3 Å². The molecule has 4 heteroatoms. The van der Waals surface area contributed by atoms with Gasteiger partial charge in [0, 0.05) is 16.8 Å². The first-order valence-corrected chi connectivity index (χ1v) is 7.35. The smallest absolute Gasteiger partial charge is 0.242 e. The molecule has 0 spiro atoms. The van der Waals surface area contributed by atoms with Crippen LogP contribution in [0.1, 0.15) is 39.0 Å². The van der Waals surface area contributed by atoms with Crippen molar-refractivity contribution in [3.8, 4) is 0 Å². The molecule has 2 N–H and O–H groups in total. The van der Waals surface area contributed by atoms with Crippen molar-refractivity contribution in [2.75, 3.05) is 5.32 Å². The van der Waals surface area contributed by atoms with Crippen LogP contribution in [0, 0.1) is 0 Å². The summed E-state index contributed by atoms with van der Waals surface area (Å²) in [6.07, 6.45) is 5.95. The van der Waals surface area contributed by atoms with Crippen LogP contribution in [0.4, 0.5) is 5.69 Å². The second-order valence-corrected chi connectivity index (χ2v) is 5.66. The lowest BCUT2D eigenvalue weighted by Gasteiger charge is -2.25. The normalized spacial score (nSPS) is 17.8. The van der Waals surface area contributed by atoms with Gasteiger partial charge >= 0.3 is 0 Å². The van der Waals surface area contributed by atoms with Crippen LogP contribution in [0.25, 0.3) is 0 Å². The van der Waals surface area contributed by atoms with Gasteiger partial charge in [-0.05, 0) is 38.0 Å². The molecule has 0 heterocycles. The molecular weight excluding hydrogens is 260 g/mol. The van der Waals surface area contributed by atoms with Gasteiger partial charge in [0.25, 0.3) is 0 Å². The molecule has 0 aromatic heterocycles. The minimum atomic E-state index is -0.250. The van der Waals surface area contributed by atoms with Crippen molar-refractivity contribution >= 4 is 23.2 Å². The zero-order chi connectivity index (χ0) is 13.7. The van der Waals surface area contributed by atoms with E-state index in [9.17, 15) is 4.79 Å². The summed E-state index contributed by atoms with van der Waals surface area (Å²) in [5.41, 5.74) is 0.874. The number of benzene rings is 1. The Morgan fingerprint density at radius 3 is 2.74 bits per heavy atom. The van der Waals surface area contributed by atoms with Crippen molar-refractivity contribution in [3.63, 3.8) is 0 Å². The Morgan fingerprint density at radius 2 is 2.05 bits per heavy atom. The number of rotatable bonds is 4. The molecule has 2 rings (SSSR count). The van der Waals surface area contributed by atoms with Crippen molar-refractivity contribution in [1.29, 1.82) is 0 Å². The fourth-order valence-corrected chi connectivity index (χ4v) is 2.66. The van der Waals surface area contributed by atoms with E-state index < -0.39 is 0 Å². The van der Waals surface area contributed by atoms with Crippen LogP contribution < -0.4 is 10.6 Å². The summed E-state index contributed by atoms with van der Waals surface area (Å²) < 4.78 is 0. The van der Waals surface area contributed by atoms with Gasteiger partial charge in [-0.1, -0.05) is 36.9 Å². The number of carbonyl (C=O) groups excluding carboxylic acids is 1. The Hall–Kier alpha value is -1.22. The molecule has 1 amide bonds. The molecule has 1 aromatic carbocycles. The van der Waals surface area contributed by atoms with Gasteiger partial charge in [-0.25, -0.2) is 0 Å². The Labute approximate surface area is 119 Å². The number of nitrogens with one attached hydrogen (secondary N) is 2. The monoisotopic (exact) mass is 280 g/mol. The van der Waals surface area contributed by atoms with Crippen LogP contribution in [0.3, 0.4) is 0 Å². The predicted octanol–water partition coefficient (Wildman–Crippen LogP) is 3.59. The molecule has 1 atom stereocenters. The van der Waals surface area contributed by atoms with Gasteiger partial charge in [0.05, 0.1) is 0 Å². The van der Waals surface area contributed by atoms with E-state index in [1.54, 1.807) is 0 Å². The van der Waals surface area contributed by atoms with Crippen LogP contribution in [0.15, 0.2) is 24.3 Å². The Balaban J connectivity index is 1.84. The molecule has 1 unspecified atom stereocenters. The van der Waals surface area contributed by atoms with Gasteiger partial charge in [-0.3, -0.25) is 4.79 Å². The van der Waals surface area contributed by atoms with E-state index in [-0.39, 0.29) is 11.9 Å². The second kappa shape index (κ2) is 6.80. The van der Waals surface area contributed by atoms with Gasteiger partial charge in [-0.15, -0.1) is 0 Å². The maximum absolute atomic E-state index is 12.1. The Morgan fingerprint density at radius 1 is 1.32 bits per heavy atom. The second-order valence-electron chi connectivity index (χ2n) is 5.22. The molecule has 1 saturated carbocycles. The first-order valence-electron chi connectivity index (χ1n) is 6.97. The van der Waals surface area contributed by atoms with Gasteiger partial charge in [0.2, 0.25) is 5.91 Å². The first kappa shape index (κ1) is 14.2. The van der Waals surface area contributed by atoms with E-state index in [1.165, 1.54) is 19.3 Å². The molecule has 1 aliphatic carbocycles. The predicted molar refractivity (Wildman–Crippen MR) is 79.6 cm³/mol. The van der Waals surface area contributed by atoms with Crippen molar-refractivity contribution in [2.24, 2.45) is 0 Å². The standard InChI is InChI=1S/C15H21ClN2O/c1-11(17-14-9-5-6-12(16)10-14)15(19)18-13-7-3-2-4-8-13/h5-6,9-11,13,17H,2-4,7-8H2,1H3,(H,18,19). The zero-order valence-corrected chi connectivity index (χ0v) is 12.0. The summed E-state index contributed by atoms with van der Waals surface area (Å²) in [5.74, 6) is 0.0619. The van der Waals surface area contributed by atoms with Crippen LogP contribution in [-0.4, -0.2) is 18.0 Å². The lowest BCUT2D eigenvalue weighted by Crippen LogP contribution is -2.43. The fourth-order valence-electron chi connectivity index (χ4n) is 2.47. The fraction of sp³-hybridized carbons (Fsp3) is 0.533. The van der Waals surface area contributed by atoms with Gasteiger partial charge in [0.1, 0.15) is 6.04 Å². The average Bonchev–Trinajstić information content (AvgIpc) is 2.40. The largest absolute Gasteiger partial charge is 0.374 e. The number of halogens is 1. The maximum Gasteiger partial charge on any atom is 0.242 e. The highest BCUT2D eigenvalue weighted by atomic mass is 35.5. The summed E-state index contributed by atoms with van der Waals surface area (Å²) in [6, 6.07) is 7.53. The quantitative estimate of drug-likeness (QED) is 0.885. The summed E-state index contributed by atoms with van der Waals surface area (Å²) >= 11 is 5.92. The molecule has 1 aliphatic rings. The number of amides is 1. The topological polar surface area (TPSA) is 41.1 Å². The average molecular weight is 281 g/mol. The summed E-state index contributed by atoms with van der Waals surface area (Å²) in [6.45, 7) is 1.87. The lowest BCUT2D eigenvalue weighted by atomic mass is 9.95. The molecule has 104 valence electrons. The third-order valence-corrected chi connectivity index (χ3v) is 3.79. The van der Waals surface area contributed by atoms with E-state index in [4.69, 9.17) is 11.6 Å². The molecular formula is C15H21ClN2O. The van der Waals surface area contributed by atoms with E-state index in [1.807, 2.05) is 31.2 Å². The lowest BCUT2D eigenvalue weighted by molar-refractivity contribution is -0.122. The SMILES string of the molecule is CC(Nc1cccc(Cl)c1)C(=O)NC1CCCCC1. The first-order chi connectivity index (χ1) is 9.15. The molecule has 0 saturated heterocycles. The number of carbonyl (C=O) groups is 1. The highest BCUT2D eigenvalue weighted by Gasteiger charge is 2.19. The van der Waals surface area contributed by atoms with Crippen LogP contribution >= 0.6 is 11.6 Å². The Kier molecular flexibility index (Phi) is 5.08. The molecule has 19 heavy (non-hydrogen) atoms. The van der Waals surface area contributed by atoms with E-state index in [0.29, 0.717) is 11.1 Å². The number of hydrogen-bond acceptors (Lipinski definition) is 2. The van der Waals surface area contributed by atoms with Crippen LogP contribution in [-0.2, 0) is 4.79 Å².